The molecule has 0 spiro atoms. The number of carbonyl (C=O) groups excluding carboxylic acids is 2. The second kappa shape index (κ2) is 9.00. The van der Waals surface area contributed by atoms with Crippen molar-refractivity contribution in [2.24, 2.45) is 0 Å². The lowest BCUT2D eigenvalue weighted by atomic mass is 9.95. The summed E-state index contributed by atoms with van der Waals surface area (Å²) in [5.41, 5.74) is 3.74. The minimum atomic E-state index is -0.254. The molecule has 0 unspecified atom stereocenters. The third-order valence-corrected chi connectivity index (χ3v) is 5.37. The molecule has 28 heavy (non-hydrogen) atoms. The molecule has 0 atom stereocenters. The lowest BCUT2D eigenvalue weighted by Crippen LogP contribution is -2.36. The Labute approximate surface area is 167 Å². The summed E-state index contributed by atoms with van der Waals surface area (Å²) in [6.07, 6.45) is 8.60. The van der Waals surface area contributed by atoms with Gasteiger partial charge in [0.15, 0.2) is 0 Å². The van der Waals surface area contributed by atoms with Gasteiger partial charge in [-0.25, -0.2) is 0 Å². The molecule has 1 aliphatic carbocycles. The SMILES string of the molecule is Cc1cccc(C(C)C)c1NC(=O)c1cncc(C(=O)NC2CCCCC2)c1. The summed E-state index contributed by atoms with van der Waals surface area (Å²) in [7, 11) is 0. The molecule has 0 bridgehead atoms. The van der Waals surface area contributed by atoms with Gasteiger partial charge in [-0.05, 0) is 42.9 Å². The van der Waals surface area contributed by atoms with E-state index in [1.165, 1.54) is 18.8 Å². The van der Waals surface area contributed by atoms with Crippen LogP contribution in [0.3, 0.4) is 0 Å². The predicted molar refractivity (Wildman–Crippen MR) is 112 cm³/mol. The summed E-state index contributed by atoms with van der Waals surface area (Å²) < 4.78 is 0. The summed E-state index contributed by atoms with van der Waals surface area (Å²) in [6, 6.07) is 7.85. The largest absolute Gasteiger partial charge is 0.349 e. The third kappa shape index (κ3) is 4.77. The fraction of sp³-hybridized carbons (Fsp3) is 0.435. The average molecular weight is 380 g/mol. The molecular weight excluding hydrogens is 350 g/mol. The fourth-order valence-electron chi connectivity index (χ4n) is 3.73. The number of aryl methyl sites for hydroxylation is 1. The number of nitrogens with one attached hydrogen (secondary N) is 2. The van der Waals surface area contributed by atoms with Crippen molar-refractivity contribution in [3.63, 3.8) is 0 Å². The number of para-hydroxylation sites is 1. The summed E-state index contributed by atoms with van der Waals surface area (Å²) in [5.74, 6) is -0.121. The van der Waals surface area contributed by atoms with Crippen LogP contribution in [0.2, 0.25) is 0 Å². The summed E-state index contributed by atoms with van der Waals surface area (Å²) >= 11 is 0. The molecule has 5 heteroatoms. The topological polar surface area (TPSA) is 71.1 Å². The maximum absolute atomic E-state index is 12.8. The van der Waals surface area contributed by atoms with Crippen molar-refractivity contribution >= 4 is 17.5 Å². The number of hydrogen-bond donors (Lipinski definition) is 2. The molecule has 1 fully saturated rings. The van der Waals surface area contributed by atoms with Crippen LogP contribution in [0.4, 0.5) is 5.69 Å². The molecule has 2 aromatic rings. The number of benzene rings is 1. The van der Waals surface area contributed by atoms with Gasteiger partial charge in [-0.3, -0.25) is 14.6 Å². The van der Waals surface area contributed by atoms with Crippen LogP contribution < -0.4 is 10.6 Å². The fourth-order valence-corrected chi connectivity index (χ4v) is 3.73. The Morgan fingerprint density at radius 1 is 1.04 bits per heavy atom. The van der Waals surface area contributed by atoms with Gasteiger partial charge >= 0.3 is 0 Å². The Balaban J connectivity index is 1.75. The molecular formula is C23H29N3O2. The van der Waals surface area contributed by atoms with E-state index in [0.717, 1.165) is 42.5 Å². The number of rotatable bonds is 5. The summed E-state index contributed by atoms with van der Waals surface area (Å²) in [5, 5.41) is 6.09. The van der Waals surface area contributed by atoms with E-state index in [1.54, 1.807) is 6.07 Å². The maximum Gasteiger partial charge on any atom is 0.257 e. The van der Waals surface area contributed by atoms with E-state index < -0.39 is 0 Å². The first-order chi connectivity index (χ1) is 13.5. The quantitative estimate of drug-likeness (QED) is 0.782. The second-order valence-corrected chi connectivity index (χ2v) is 7.92. The van der Waals surface area contributed by atoms with Gasteiger partial charge in [0.25, 0.3) is 11.8 Å². The van der Waals surface area contributed by atoms with E-state index in [2.05, 4.69) is 29.5 Å². The van der Waals surface area contributed by atoms with Crippen molar-refractivity contribution in [3.8, 4) is 0 Å². The lowest BCUT2D eigenvalue weighted by molar-refractivity contribution is 0.0927. The highest BCUT2D eigenvalue weighted by Crippen LogP contribution is 2.28. The molecule has 1 saturated carbocycles. The van der Waals surface area contributed by atoms with Crippen molar-refractivity contribution in [1.29, 1.82) is 0 Å². The molecule has 1 aromatic carbocycles. The van der Waals surface area contributed by atoms with E-state index in [0.29, 0.717) is 17.0 Å². The molecule has 0 radical (unpaired) electrons. The van der Waals surface area contributed by atoms with Crippen LogP contribution in [0.1, 0.15) is 83.7 Å². The van der Waals surface area contributed by atoms with Gasteiger partial charge in [-0.1, -0.05) is 51.3 Å². The molecule has 1 heterocycles. The first-order valence-electron chi connectivity index (χ1n) is 10.1. The van der Waals surface area contributed by atoms with Gasteiger partial charge < -0.3 is 10.6 Å². The van der Waals surface area contributed by atoms with Crippen molar-refractivity contribution in [2.75, 3.05) is 5.32 Å². The highest BCUT2D eigenvalue weighted by atomic mass is 16.2. The number of anilines is 1. The molecule has 0 aliphatic heterocycles. The second-order valence-electron chi connectivity index (χ2n) is 7.92. The van der Waals surface area contributed by atoms with E-state index in [9.17, 15) is 9.59 Å². The Bertz CT molecular complexity index is 855. The van der Waals surface area contributed by atoms with Gasteiger partial charge in [0, 0.05) is 24.1 Å². The average Bonchev–Trinajstić information content (AvgIpc) is 2.70. The molecule has 1 aliphatic rings. The standard InChI is InChI=1S/C23H29N3O2/c1-15(2)20-11-7-8-16(3)21(20)26-23(28)18-12-17(13-24-14-18)22(27)25-19-9-5-4-6-10-19/h7-8,11-15,19H,4-6,9-10H2,1-3H3,(H,25,27)(H,26,28). The minimum Gasteiger partial charge on any atom is -0.349 e. The zero-order valence-corrected chi connectivity index (χ0v) is 16.9. The van der Waals surface area contributed by atoms with Crippen LogP contribution in [0.5, 0.6) is 0 Å². The third-order valence-electron chi connectivity index (χ3n) is 5.37. The van der Waals surface area contributed by atoms with Crippen molar-refractivity contribution < 1.29 is 9.59 Å². The molecule has 2 N–H and O–H groups in total. The van der Waals surface area contributed by atoms with Crippen LogP contribution in [0.15, 0.2) is 36.7 Å². The van der Waals surface area contributed by atoms with Gasteiger partial charge in [0.2, 0.25) is 0 Å². The van der Waals surface area contributed by atoms with E-state index in [1.807, 2.05) is 25.1 Å². The highest BCUT2D eigenvalue weighted by Gasteiger charge is 2.19. The number of amides is 2. The van der Waals surface area contributed by atoms with Gasteiger partial charge in [0.05, 0.1) is 11.1 Å². The maximum atomic E-state index is 12.8. The lowest BCUT2D eigenvalue weighted by Gasteiger charge is -2.22. The van der Waals surface area contributed by atoms with Crippen molar-refractivity contribution in [2.45, 2.75) is 64.8 Å². The smallest absolute Gasteiger partial charge is 0.257 e. The minimum absolute atomic E-state index is 0.159. The molecule has 1 aromatic heterocycles. The van der Waals surface area contributed by atoms with E-state index >= 15 is 0 Å². The molecule has 3 rings (SSSR count). The highest BCUT2D eigenvalue weighted by molar-refractivity contribution is 6.06. The Morgan fingerprint density at radius 2 is 1.71 bits per heavy atom. The van der Waals surface area contributed by atoms with Gasteiger partial charge in [-0.15, -0.1) is 0 Å². The summed E-state index contributed by atoms with van der Waals surface area (Å²) in [6.45, 7) is 6.18. The Hall–Kier alpha value is -2.69. The van der Waals surface area contributed by atoms with Gasteiger partial charge in [-0.2, -0.15) is 0 Å². The number of pyridine rings is 1. The first-order valence-corrected chi connectivity index (χ1v) is 10.1. The van der Waals surface area contributed by atoms with Crippen LogP contribution in [-0.4, -0.2) is 22.8 Å². The van der Waals surface area contributed by atoms with E-state index in [-0.39, 0.29) is 17.9 Å². The van der Waals surface area contributed by atoms with E-state index in [4.69, 9.17) is 0 Å². The van der Waals surface area contributed by atoms with Crippen LogP contribution in [0, 0.1) is 6.92 Å². The van der Waals surface area contributed by atoms with Crippen molar-refractivity contribution in [1.82, 2.24) is 10.3 Å². The zero-order valence-electron chi connectivity index (χ0n) is 16.9. The predicted octanol–water partition coefficient (Wildman–Crippen LogP) is 4.83. The Kier molecular flexibility index (Phi) is 6.45. The van der Waals surface area contributed by atoms with Crippen LogP contribution in [0.25, 0.3) is 0 Å². The summed E-state index contributed by atoms with van der Waals surface area (Å²) in [4.78, 5) is 29.5. The van der Waals surface area contributed by atoms with Gasteiger partial charge in [0.1, 0.15) is 0 Å². The zero-order chi connectivity index (χ0) is 20.1. The first kappa shape index (κ1) is 20.1. The number of hydrogen-bond acceptors (Lipinski definition) is 3. The molecule has 148 valence electrons. The number of aromatic nitrogens is 1. The van der Waals surface area contributed by atoms with Crippen molar-refractivity contribution in [3.05, 3.63) is 58.9 Å². The monoisotopic (exact) mass is 379 g/mol. The number of carbonyl (C=O) groups is 2. The molecule has 5 nitrogen and oxygen atoms in total. The number of nitrogens with zero attached hydrogens (tertiary/aromatic N) is 1. The van der Waals surface area contributed by atoms with Crippen LogP contribution >= 0.6 is 0 Å². The molecule has 2 amide bonds. The molecule has 0 saturated heterocycles. The van der Waals surface area contributed by atoms with Crippen LogP contribution in [-0.2, 0) is 0 Å². The normalized spacial score (nSPS) is 14.7. The Morgan fingerprint density at radius 3 is 2.39 bits per heavy atom.